The van der Waals surface area contributed by atoms with Crippen LogP contribution in [0.15, 0.2) is 36.4 Å². The Kier molecular flexibility index (Phi) is 5.83. The van der Waals surface area contributed by atoms with Gasteiger partial charge in [-0.15, -0.1) is 0 Å². The Morgan fingerprint density at radius 2 is 2.00 bits per heavy atom. The number of nitro benzene ring substituents is 1. The Bertz CT molecular complexity index is 782. The third kappa shape index (κ3) is 4.74. The molecule has 2 aromatic rings. The summed E-state index contributed by atoms with van der Waals surface area (Å²) >= 11 is 11.7. The molecule has 0 spiro atoms. The molecule has 24 heavy (non-hydrogen) atoms. The van der Waals surface area contributed by atoms with Gasteiger partial charge in [-0.3, -0.25) is 14.9 Å². The van der Waals surface area contributed by atoms with Gasteiger partial charge in [-0.2, -0.15) is 0 Å². The first-order valence-corrected chi connectivity index (χ1v) is 7.43. The average molecular weight is 371 g/mol. The Morgan fingerprint density at radius 1 is 1.25 bits per heavy atom. The molecule has 2 aromatic carbocycles. The van der Waals surface area contributed by atoms with Crippen LogP contribution in [-0.2, 0) is 11.3 Å². The second-order valence-electron chi connectivity index (χ2n) is 4.71. The van der Waals surface area contributed by atoms with Crippen molar-refractivity contribution in [3.8, 4) is 11.5 Å². The smallest absolute Gasteiger partial charge is 0.270 e. The number of hydrogen-bond acceptors (Lipinski definition) is 5. The van der Waals surface area contributed by atoms with E-state index in [9.17, 15) is 20.0 Å². The highest BCUT2D eigenvalue weighted by atomic mass is 35.5. The first-order valence-electron chi connectivity index (χ1n) is 6.67. The van der Waals surface area contributed by atoms with E-state index in [0.29, 0.717) is 10.8 Å². The summed E-state index contributed by atoms with van der Waals surface area (Å²) in [6.45, 7) is -0.388. The van der Waals surface area contributed by atoms with Gasteiger partial charge in [-0.05, 0) is 24.3 Å². The molecule has 0 aromatic heterocycles. The van der Waals surface area contributed by atoms with Gasteiger partial charge < -0.3 is 15.2 Å². The number of ether oxygens (including phenoxy) is 1. The van der Waals surface area contributed by atoms with Gasteiger partial charge in [0, 0.05) is 29.3 Å². The number of phenols is 1. The molecule has 0 aliphatic carbocycles. The number of phenolic OH excluding ortho intramolecular Hbond substituents is 1. The number of carbonyl (C=O) groups is 1. The van der Waals surface area contributed by atoms with E-state index in [2.05, 4.69) is 5.32 Å². The van der Waals surface area contributed by atoms with Crippen LogP contribution in [0, 0.1) is 10.1 Å². The van der Waals surface area contributed by atoms with Crippen molar-refractivity contribution in [1.82, 2.24) is 5.32 Å². The summed E-state index contributed by atoms with van der Waals surface area (Å²) in [6.07, 6.45) is 0. The number of aromatic hydroxyl groups is 1. The topological polar surface area (TPSA) is 102 Å². The van der Waals surface area contributed by atoms with Gasteiger partial charge >= 0.3 is 0 Å². The van der Waals surface area contributed by atoms with Crippen LogP contribution >= 0.6 is 23.2 Å². The van der Waals surface area contributed by atoms with E-state index in [0.717, 1.165) is 0 Å². The van der Waals surface area contributed by atoms with E-state index in [1.54, 1.807) is 6.07 Å². The highest BCUT2D eigenvalue weighted by Crippen LogP contribution is 2.27. The number of hydrogen-bond donors (Lipinski definition) is 2. The van der Waals surface area contributed by atoms with Crippen molar-refractivity contribution in [1.29, 1.82) is 0 Å². The second-order valence-corrected chi connectivity index (χ2v) is 5.55. The third-order valence-corrected chi connectivity index (χ3v) is 3.53. The highest BCUT2D eigenvalue weighted by molar-refractivity contribution is 6.35. The maximum Gasteiger partial charge on any atom is 0.270 e. The largest absolute Gasteiger partial charge is 0.508 e. The summed E-state index contributed by atoms with van der Waals surface area (Å²) in [4.78, 5) is 21.9. The number of rotatable bonds is 6. The molecule has 0 unspecified atom stereocenters. The van der Waals surface area contributed by atoms with Crippen LogP contribution in [0.5, 0.6) is 11.5 Å². The van der Waals surface area contributed by atoms with E-state index < -0.39 is 10.8 Å². The maximum absolute atomic E-state index is 11.8. The number of nitrogens with one attached hydrogen (secondary N) is 1. The summed E-state index contributed by atoms with van der Waals surface area (Å²) in [5.41, 5.74) is 0.0447. The zero-order chi connectivity index (χ0) is 17.7. The summed E-state index contributed by atoms with van der Waals surface area (Å²) in [7, 11) is 0. The van der Waals surface area contributed by atoms with Crippen molar-refractivity contribution < 1.29 is 19.6 Å². The number of benzene rings is 2. The molecule has 126 valence electrons. The number of carbonyl (C=O) groups excluding carboxylic acids is 1. The second kappa shape index (κ2) is 7.85. The van der Waals surface area contributed by atoms with Crippen LogP contribution in [0.1, 0.15) is 5.56 Å². The van der Waals surface area contributed by atoms with Crippen molar-refractivity contribution in [3.05, 3.63) is 62.1 Å². The minimum atomic E-state index is -0.587. The number of non-ortho nitro benzene ring substituents is 1. The standard InChI is InChI=1S/C15H12Cl2N2O5/c16-10-1-4-14(12(17)6-10)24-8-15(21)18-7-9-5-11(19(22)23)2-3-13(9)20/h1-6,20H,7-8H2,(H,18,21). The molecule has 0 aliphatic rings. The molecule has 0 radical (unpaired) electrons. The van der Waals surface area contributed by atoms with E-state index in [4.69, 9.17) is 27.9 Å². The normalized spacial score (nSPS) is 10.2. The van der Waals surface area contributed by atoms with E-state index in [-0.39, 0.29) is 35.2 Å². The number of amides is 1. The lowest BCUT2D eigenvalue weighted by Gasteiger charge is -2.09. The number of nitrogens with zero attached hydrogens (tertiary/aromatic N) is 1. The Hall–Kier alpha value is -2.51. The zero-order valence-electron chi connectivity index (χ0n) is 12.2. The summed E-state index contributed by atoms with van der Waals surface area (Å²) in [5, 5.41) is 23.6. The minimum absolute atomic E-state index is 0.0793. The van der Waals surface area contributed by atoms with Crippen LogP contribution in [0.3, 0.4) is 0 Å². The third-order valence-electron chi connectivity index (χ3n) is 3.00. The van der Waals surface area contributed by atoms with Crippen LogP contribution in [0.25, 0.3) is 0 Å². The van der Waals surface area contributed by atoms with Gasteiger partial charge in [0.15, 0.2) is 6.61 Å². The molecule has 1 amide bonds. The van der Waals surface area contributed by atoms with E-state index in [1.165, 1.54) is 30.3 Å². The van der Waals surface area contributed by atoms with E-state index >= 15 is 0 Å². The highest BCUT2D eigenvalue weighted by Gasteiger charge is 2.12. The monoisotopic (exact) mass is 370 g/mol. The molecule has 2 N–H and O–H groups in total. The molecule has 2 rings (SSSR count). The first-order chi connectivity index (χ1) is 11.4. The molecule has 7 nitrogen and oxygen atoms in total. The van der Waals surface area contributed by atoms with Gasteiger partial charge in [-0.25, -0.2) is 0 Å². The SMILES string of the molecule is O=C(COc1ccc(Cl)cc1Cl)NCc1cc([N+](=O)[O-])ccc1O. The molecule has 0 bridgehead atoms. The van der Waals surface area contributed by atoms with E-state index in [1.807, 2.05) is 0 Å². The van der Waals surface area contributed by atoms with Gasteiger partial charge in [0.25, 0.3) is 11.6 Å². The fraction of sp³-hybridized carbons (Fsp3) is 0.133. The molecule has 0 aliphatic heterocycles. The molecular formula is C15H12Cl2N2O5. The Balaban J connectivity index is 1.91. The van der Waals surface area contributed by atoms with Crippen molar-refractivity contribution in [2.24, 2.45) is 0 Å². The van der Waals surface area contributed by atoms with Crippen molar-refractivity contribution >= 4 is 34.8 Å². The lowest BCUT2D eigenvalue weighted by atomic mass is 10.2. The summed E-state index contributed by atoms with van der Waals surface area (Å²) in [6, 6.07) is 8.14. The molecular weight excluding hydrogens is 359 g/mol. The minimum Gasteiger partial charge on any atom is -0.508 e. The fourth-order valence-corrected chi connectivity index (χ4v) is 2.27. The molecule has 0 fully saturated rings. The molecule has 0 saturated heterocycles. The van der Waals surface area contributed by atoms with Gasteiger partial charge in [0.05, 0.1) is 9.95 Å². The maximum atomic E-state index is 11.8. The summed E-state index contributed by atoms with van der Waals surface area (Å²) in [5.74, 6) is -0.330. The predicted octanol–water partition coefficient (Wildman–Crippen LogP) is 3.30. The fourth-order valence-electron chi connectivity index (χ4n) is 1.81. The van der Waals surface area contributed by atoms with Crippen molar-refractivity contribution in [2.75, 3.05) is 6.61 Å². The quantitative estimate of drug-likeness (QED) is 0.599. The number of halogens is 2. The van der Waals surface area contributed by atoms with Crippen LogP contribution in [-0.4, -0.2) is 22.5 Å². The molecule has 0 saturated carbocycles. The lowest BCUT2D eigenvalue weighted by Crippen LogP contribution is -2.28. The van der Waals surface area contributed by atoms with Gasteiger partial charge in [-0.1, -0.05) is 23.2 Å². The van der Waals surface area contributed by atoms with Crippen molar-refractivity contribution in [2.45, 2.75) is 6.54 Å². The lowest BCUT2D eigenvalue weighted by molar-refractivity contribution is -0.384. The molecule has 0 atom stereocenters. The van der Waals surface area contributed by atoms with Crippen LogP contribution < -0.4 is 10.1 Å². The molecule has 0 heterocycles. The Morgan fingerprint density at radius 3 is 2.67 bits per heavy atom. The molecule has 9 heteroatoms. The Labute approximate surface area is 146 Å². The first kappa shape index (κ1) is 17.8. The van der Waals surface area contributed by atoms with Gasteiger partial charge in [0.2, 0.25) is 0 Å². The average Bonchev–Trinajstić information content (AvgIpc) is 2.53. The zero-order valence-corrected chi connectivity index (χ0v) is 13.7. The van der Waals surface area contributed by atoms with Crippen LogP contribution in [0.4, 0.5) is 5.69 Å². The van der Waals surface area contributed by atoms with Crippen LogP contribution in [0.2, 0.25) is 10.0 Å². The summed E-state index contributed by atoms with van der Waals surface area (Å²) < 4.78 is 5.26. The number of nitro groups is 1. The predicted molar refractivity (Wildman–Crippen MR) is 88.6 cm³/mol. The van der Waals surface area contributed by atoms with Crippen molar-refractivity contribution in [3.63, 3.8) is 0 Å². The van der Waals surface area contributed by atoms with Gasteiger partial charge in [0.1, 0.15) is 11.5 Å².